The standard InChI is InChI=1S/C24H46N2O5/c1-11-12-13-14-18(22(2,3)4)26-21(29)25-17(20(28)31-24(8,9)10)15-16-19(27)30-23(5,6)7/h17-18H,11-16H2,1-10H3,(H2,25,26,29)/t17-,18-/m0/s1. The molecule has 0 rings (SSSR count). The van der Waals surface area contributed by atoms with Gasteiger partial charge in [-0.05, 0) is 59.8 Å². The summed E-state index contributed by atoms with van der Waals surface area (Å²) in [6, 6.07) is -1.41. The normalized spacial score (nSPS) is 14.4. The lowest BCUT2D eigenvalue weighted by Crippen LogP contribution is -2.53. The summed E-state index contributed by atoms with van der Waals surface area (Å²) in [5.74, 6) is -0.986. The van der Waals surface area contributed by atoms with Crippen LogP contribution in [0, 0.1) is 5.41 Å². The Bertz CT molecular complexity index is 582. The van der Waals surface area contributed by atoms with Crippen LogP contribution in [0.2, 0.25) is 0 Å². The Morgan fingerprint density at radius 1 is 0.774 bits per heavy atom. The molecule has 7 heteroatoms. The Morgan fingerprint density at radius 2 is 1.32 bits per heavy atom. The van der Waals surface area contributed by atoms with Gasteiger partial charge in [0.15, 0.2) is 0 Å². The molecule has 0 aliphatic heterocycles. The van der Waals surface area contributed by atoms with E-state index in [4.69, 9.17) is 9.47 Å². The Morgan fingerprint density at radius 3 is 1.77 bits per heavy atom. The van der Waals surface area contributed by atoms with Crippen molar-refractivity contribution in [2.24, 2.45) is 5.41 Å². The molecule has 0 saturated carbocycles. The predicted octanol–water partition coefficient (Wildman–Crippen LogP) is 5.11. The molecule has 0 aromatic rings. The Labute approximate surface area is 189 Å². The SMILES string of the molecule is CCCCC[C@H](NC(=O)N[C@@H](CCC(=O)OC(C)(C)C)C(=O)OC(C)(C)C)C(C)(C)C. The highest BCUT2D eigenvalue weighted by atomic mass is 16.6. The number of amides is 2. The van der Waals surface area contributed by atoms with Crippen LogP contribution in [0.4, 0.5) is 4.79 Å². The highest BCUT2D eigenvalue weighted by Gasteiger charge is 2.31. The van der Waals surface area contributed by atoms with Gasteiger partial charge < -0.3 is 20.1 Å². The molecular formula is C24H46N2O5. The minimum atomic E-state index is -0.942. The van der Waals surface area contributed by atoms with Gasteiger partial charge in [0, 0.05) is 12.5 Å². The second kappa shape index (κ2) is 12.3. The number of esters is 2. The number of hydrogen-bond donors (Lipinski definition) is 2. The van der Waals surface area contributed by atoms with E-state index in [1.807, 2.05) is 0 Å². The number of urea groups is 1. The van der Waals surface area contributed by atoms with Gasteiger partial charge in [-0.25, -0.2) is 9.59 Å². The lowest BCUT2D eigenvalue weighted by Gasteiger charge is -2.32. The average molecular weight is 443 g/mol. The summed E-state index contributed by atoms with van der Waals surface area (Å²) in [5, 5.41) is 5.73. The summed E-state index contributed by atoms with van der Waals surface area (Å²) in [6.07, 6.45) is 4.20. The number of rotatable bonds is 10. The smallest absolute Gasteiger partial charge is 0.329 e. The zero-order valence-electron chi connectivity index (χ0n) is 21.4. The van der Waals surface area contributed by atoms with Gasteiger partial charge in [-0.1, -0.05) is 47.0 Å². The molecule has 2 amide bonds. The number of carbonyl (C=O) groups excluding carboxylic acids is 3. The van der Waals surface area contributed by atoms with Crippen LogP contribution in [-0.2, 0) is 19.1 Å². The van der Waals surface area contributed by atoms with Crippen molar-refractivity contribution in [3.8, 4) is 0 Å². The van der Waals surface area contributed by atoms with E-state index in [9.17, 15) is 14.4 Å². The van der Waals surface area contributed by atoms with Gasteiger partial charge in [0.1, 0.15) is 17.2 Å². The van der Waals surface area contributed by atoms with Crippen LogP contribution in [0.15, 0.2) is 0 Å². The molecule has 0 fully saturated rings. The van der Waals surface area contributed by atoms with Crippen LogP contribution in [0.5, 0.6) is 0 Å². The number of carbonyl (C=O) groups is 3. The fourth-order valence-corrected chi connectivity index (χ4v) is 2.95. The van der Waals surface area contributed by atoms with Crippen molar-refractivity contribution >= 4 is 18.0 Å². The lowest BCUT2D eigenvalue weighted by atomic mass is 9.83. The van der Waals surface area contributed by atoms with E-state index in [1.165, 1.54) is 0 Å². The highest BCUT2D eigenvalue weighted by molar-refractivity contribution is 5.84. The third-order valence-electron chi connectivity index (χ3n) is 4.50. The zero-order chi connectivity index (χ0) is 24.5. The lowest BCUT2D eigenvalue weighted by molar-refractivity contribution is -0.158. The molecule has 0 aromatic carbocycles. The van der Waals surface area contributed by atoms with Gasteiger partial charge in [-0.15, -0.1) is 0 Å². The molecule has 31 heavy (non-hydrogen) atoms. The average Bonchev–Trinajstić information content (AvgIpc) is 2.53. The number of nitrogens with one attached hydrogen (secondary N) is 2. The monoisotopic (exact) mass is 442 g/mol. The molecule has 0 bridgehead atoms. The van der Waals surface area contributed by atoms with Gasteiger partial charge in [-0.2, -0.15) is 0 Å². The molecule has 0 saturated heterocycles. The minimum absolute atomic E-state index is 0.000654. The van der Waals surface area contributed by atoms with E-state index >= 15 is 0 Å². The maximum Gasteiger partial charge on any atom is 0.329 e. The fraction of sp³-hybridized carbons (Fsp3) is 0.875. The first-order valence-corrected chi connectivity index (χ1v) is 11.5. The van der Waals surface area contributed by atoms with Gasteiger partial charge in [-0.3, -0.25) is 4.79 Å². The Hall–Kier alpha value is -1.79. The summed E-state index contributed by atoms with van der Waals surface area (Å²) in [6.45, 7) is 19.0. The summed E-state index contributed by atoms with van der Waals surface area (Å²) < 4.78 is 10.8. The third kappa shape index (κ3) is 14.8. The van der Waals surface area contributed by atoms with Crippen LogP contribution in [0.1, 0.15) is 108 Å². The molecule has 182 valence electrons. The second-order valence-corrected chi connectivity index (χ2v) is 11.2. The molecule has 0 radical (unpaired) electrons. The molecule has 2 N–H and O–H groups in total. The largest absolute Gasteiger partial charge is 0.460 e. The van der Waals surface area contributed by atoms with Crippen LogP contribution < -0.4 is 10.6 Å². The van der Waals surface area contributed by atoms with E-state index in [2.05, 4.69) is 38.3 Å². The molecular weight excluding hydrogens is 396 g/mol. The third-order valence-corrected chi connectivity index (χ3v) is 4.50. The second-order valence-electron chi connectivity index (χ2n) is 11.2. The molecule has 0 aliphatic carbocycles. The summed E-state index contributed by atoms with van der Waals surface area (Å²) in [4.78, 5) is 37.5. The first-order chi connectivity index (χ1) is 13.9. The molecule has 0 aromatic heterocycles. The van der Waals surface area contributed by atoms with Crippen LogP contribution in [0.25, 0.3) is 0 Å². The summed E-state index contributed by atoms with van der Waals surface area (Å²) in [7, 11) is 0. The number of ether oxygens (including phenoxy) is 2. The topological polar surface area (TPSA) is 93.7 Å². The van der Waals surface area contributed by atoms with E-state index in [1.54, 1.807) is 41.5 Å². The quantitative estimate of drug-likeness (QED) is 0.362. The number of unbranched alkanes of at least 4 members (excludes halogenated alkanes) is 2. The molecule has 2 atom stereocenters. The molecule has 0 aliphatic rings. The molecule has 0 spiro atoms. The van der Waals surface area contributed by atoms with Gasteiger partial charge in [0.25, 0.3) is 0 Å². The van der Waals surface area contributed by atoms with Crippen molar-refractivity contribution in [3.05, 3.63) is 0 Å². The van der Waals surface area contributed by atoms with Crippen molar-refractivity contribution in [3.63, 3.8) is 0 Å². The zero-order valence-corrected chi connectivity index (χ0v) is 21.4. The fourth-order valence-electron chi connectivity index (χ4n) is 2.95. The summed E-state index contributed by atoms with van der Waals surface area (Å²) in [5.41, 5.74) is -1.43. The van der Waals surface area contributed by atoms with E-state index in [-0.39, 0.29) is 24.3 Å². The first-order valence-electron chi connectivity index (χ1n) is 11.5. The van der Waals surface area contributed by atoms with Crippen LogP contribution in [-0.4, -0.2) is 41.3 Å². The van der Waals surface area contributed by atoms with Gasteiger partial charge >= 0.3 is 18.0 Å². The van der Waals surface area contributed by atoms with E-state index < -0.39 is 35.2 Å². The molecule has 7 nitrogen and oxygen atoms in total. The van der Waals surface area contributed by atoms with Gasteiger partial charge in [0.05, 0.1) is 0 Å². The molecule has 0 heterocycles. The number of hydrogen-bond acceptors (Lipinski definition) is 5. The Balaban J connectivity index is 5.19. The van der Waals surface area contributed by atoms with Crippen molar-refractivity contribution in [2.45, 2.75) is 131 Å². The Kier molecular flexibility index (Phi) is 11.6. The summed E-state index contributed by atoms with van der Waals surface area (Å²) >= 11 is 0. The van der Waals surface area contributed by atoms with Crippen LogP contribution >= 0.6 is 0 Å². The van der Waals surface area contributed by atoms with Crippen molar-refractivity contribution in [2.75, 3.05) is 0 Å². The minimum Gasteiger partial charge on any atom is -0.460 e. The van der Waals surface area contributed by atoms with Crippen molar-refractivity contribution in [1.29, 1.82) is 0 Å². The van der Waals surface area contributed by atoms with E-state index in [0.717, 1.165) is 25.7 Å². The van der Waals surface area contributed by atoms with Crippen LogP contribution in [0.3, 0.4) is 0 Å². The highest BCUT2D eigenvalue weighted by Crippen LogP contribution is 2.24. The van der Waals surface area contributed by atoms with Crippen molar-refractivity contribution < 1.29 is 23.9 Å². The van der Waals surface area contributed by atoms with E-state index in [0.29, 0.717) is 0 Å². The first kappa shape index (κ1) is 29.2. The molecule has 0 unspecified atom stereocenters. The maximum absolute atomic E-state index is 12.7. The predicted molar refractivity (Wildman–Crippen MR) is 124 cm³/mol. The van der Waals surface area contributed by atoms with Crippen molar-refractivity contribution in [1.82, 2.24) is 10.6 Å². The maximum atomic E-state index is 12.7. The van der Waals surface area contributed by atoms with Gasteiger partial charge in [0.2, 0.25) is 0 Å².